The van der Waals surface area contributed by atoms with Crippen molar-refractivity contribution in [1.29, 1.82) is 0 Å². The summed E-state index contributed by atoms with van der Waals surface area (Å²) < 4.78 is 0. The maximum Gasteiger partial charge on any atom is 0.317 e. The first-order valence-electron chi connectivity index (χ1n) is 6.73. The number of carbonyl (C=O) groups excluding carboxylic acids is 2. The molecule has 102 valence electrons. The SMILES string of the molecule is CCNC(=O)N1CCN(CC(=O)NC2CC2)CC1. The highest BCUT2D eigenvalue weighted by atomic mass is 16.2. The molecular weight excluding hydrogens is 232 g/mol. The van der Waals surface area contributed by atoms with Gasteiger partial charge in [-0.05, 0) is 19.8 Å². The zero-order valence-electron chi connectivity index (χ0n) is 10.9. The molecule has 1 saturated heterocycles. The molecule has 0 aromatic rings. The largest absolute Gasteiger partial charge is 0.352 e. The minimum atomic E-state index is -0.000387. The number of carbonyl (C=O) groups is 2. The normalized spacial score (nSPS) is 20.6. The predicted molar refractivity (Wildman–Crippen MR) is 68.3 cm³/mol. The zero-order valence-corrected chi connectivity index (χ0v) is 10.9. The van der Waals surface area contributed by atoms with Crippen molar-refractivity contribution in [2.24, 2.45) is 0 Å². The lowest BCUT2D eigenvalue weighted by Gasteiger charge is -2.34. The highest BCUT2D eigenvalue weighted by molar-refractivity contribution is 5.78. The standard InChI is InChI=1S/C12H22N4O2/c1-2-13-12(18)16-7-5-15(6-8-16)9-11(17)14-10-3-4-10/h10H,2-9H2,1H3,(H,13,18)(H,14,17). The van der Waals surface area contributed by atoms with Crippen molar-refractivity contribution >= 4 is 11.9 Å². The summed E-state index contributed by atoms with van der Waals surface area (Å²) in [6.45, 7) is 5.97. The molecule has 1 aliphatic heterocycles. The Balaban J connectivity index is 1.66. The lowest BCUT2D eigenvalue weighted by atomic mass is 10.3. The van der Waals surface area contributed by atoms with Gasteiger partial charge in [0, 0.05) is 38.8 Å². The summed E-state index contributed by atoms with van der Waals surface area (Å²) in [5.74, 6) is 0.115. The van der Waals surface area contributed by atoms with Crippen LogP contribution in [0.5, 0.6) is 0 Å². The number of rotatable bonds is 4. The minimum absolute atomic E-state index is 0.000387. The lowest BCUT2D eigenvalue weighted by molar-refractivity contribution is -0.122. The molecule has 18 heavy (non-hydrogen) atoms. The smallest absolute Gasteiger partial charge is 0.317 e. The van der Waals surface area contributed by atoms with E-state index >= 15 is 0 Å². The van der Waals surface area contributed by atoms with Crippen molar-refractivity contribution in [3.63, 3.8) is 0 Å². The highest BCUT2D eigenvalue weighted by Gasteiger charge is 2.26. The Bertz CT molecular complexity index is 309. The molecule has 6 heteroatoms. The van der Waals surface area contributed by atoms with Crippen LogP contribution in [0, 0.1) is 0 Å². The summed E-state index contributed by atoms with van der Waals surface area (Å²) >= 11 is 0. The molecule has 2 rings (SSSR count). The molecule has 1 aliphatic carbocycles. The average molecular weight is 254 g/mol. The summed E-state index contributed by atoms with van der Waals surface area (Å²) in [6, 6.07) is 0.425. The molecule has 0 atom stereocenters. The van der Waals surface area contributed by atoms with Crippen molar-refractivity contribution in [3.8, 4) is 0 Å². The van der Waals surface area contributed by atoms with E-state index in [1.165, 1.54) is 0 Å². The summed E-state index contributed by atoms with van der Waals surface area (Å²) in [5, 5.41) is 5.78. The fourth-order valence-corrected chi connectivity index (χ4v) is 2.08. The first-order chi connectivity index (χ1) is 8.69. The number of nitrogens with one attached hydrogen (secondary N) is 2. The second-order valence-electron chi connectivity index (χ2n) is 4.94. The van der Waals surface area contributed by atoms with Crippen molar-refractivity contribution < 1.29 is 9.59 Å². The van der Waals surface area contributed by atoms with Gasteiger partial charge in [-0.1, -0.05) is 0 Å². The second-order valence-corrected chi connectivity index (χ2v) is 4.94. The van der Waals surface area contributed by atoms with Crippen LogP contribution in [0.25, 0.3) is 0 Å². The summed E-state index contributed by atoms with van der Waals surface area (Å²) in [6.07, 6.45) is 2.24. The Labute approximate surface area is 108 Å². The van der Waals surface area contributed by atoms with Crippen LogP contribution in [0.1, 0.15) is 19.8 Å². The third-order valence-electron chi connectivity index (χ3n) is 3.30. The molecule has 2 aliphatic rings. The van der Waals surface area contributed by atoms with Gasteiger partial charge in [-0.3, -0.25) is 9.69 Å². The summed E-state index contributed by atoms with van der Waals surface area (Å²) in [4.78, 5) is 27.1. The highest BCUT2D eigenvalue weighted by Crippen LogP contribution is 2.18. The first kappa shape index (κ1) is 13.1. The Hall–Kier alpha value is -1.30. The Kier molecular flexibility index (Phi) is 4.41. The van der Waals surface area contributed by atoms with E-state index in [-0.39, 0.29) is 11.9 Å². The Morgan fingerprint density at radius 1 is 1.17 bits per heavy atom. The van der Waals surface area contributed by atoms with Crippen LogP contribution in [0.2, 0.25) is 0 Å². The fourth-order valence-electron chi connectivity index (χ4n) is 2.08. The molecule has 0 unspecified atom stereocenters. The van der Waals surface area contributed by atoms with Crippen LogP contribution in [0.3, 0.4) is 0 Å². The molecule has 3 amide bonds. The van der Waals surface area contributed by atoms with E-state index in [9.17, 15) is 9.59 Å². The quantitative estimate of drug-likeness (QED) is 0.718. The lowest BCUT2D eigenvalue weighted by Crippen LogP contribution is -2.53. The van der Waals surface area contributed by atoms with Gasteiger partial charge in [-0.15, -0.1) is 0 Å². The maximum absolute atomic E-state index is 11.6. The number of nitrogens with zero attached hydrogens (tertiary/aromatic N) is 2. The molecule has 0 aromatic heterocycles. The van der Waals surface area contributed by atoms with Crippen molar-refractivity contribution in [3.05, 3.63) is 0 Å². The van der Waals surface area contributed by atoms with Gasteiger partial charge in [-0.25, -0.2) is 4.79 Å². The van der Waals surface area contributed by atoms with Gasteiger partial charge in [-0.2, -0.15) is 0 Å². The number of hydrogen-bond donors (Lipinski definition) is 2. The third kappa shape index (κ3) is 3.87. The molecule has 2 fully saturated rings. The van der Waals surface area contributed by atoms with Gasteiger partial charge < -0.3 is 15.5 Å². The van der Waals surface area contributed by atoms with E-state index in [2.05, 4.69) is 15.5 Å². The topological polar surface area (TPSA) is 64.7 Å². The Morgan fingerprint density at radius 2 is 1.83 bits per heavy atom. The zero-order chi connectivity index (χ0) is 13.0. The van der Waals surface area contributed by atoms with Gasteiger partial charge in [0.1, 0.15) is 0 Å². The third-order valence-corrected chi connectivity index (χ3v) is 3.30. The van der Waals surface area contributed by atoms with E-state index in [4.69, 9.17) is 0 Å². The summed E-state index contributed by atoms with van der Waals surface area (Å²) in [5.41, 5.74) is 0. The van der Waals surface area contributed by atoms with E-state index < -0.39 is 0 Å². The minimum Gasteiger partial charge on any atom is -0.352 e. The van der Waals surface area contributed by atoms with E-state index in [1.54, 1.807) is 4.90 Å². The molecular formula is C12H22N4O2. The van der Waals surface area contributed by atoms with Gasteiger partial charge in [0.2, 0.25) is 5.91 Å². The molecule has 0 radical (unpaired) electrons. The molecule has 0 aromatic carbocycles. The average Bonchev–Trinajstić information content (AvgIpc) is 3.14. The second kappa shape index (κ2) is 6.04. The fraction of sp³-hybridized carbons (Fsp3) is 0.833. The van der Waals surface area contributed by atoms with Crippen molar-refractivity contribution in [2.45, 2.75) is 25.8 Å². The Morgan fingerprint density at radius 3 is 2.39 bits per heavy atom. The van der Waals surface area contributed by atoms with Gasteiger partial charge in [0.15, 0.2) is 0 Å². The van der Waals surface area contributed by atoms with Crippen LogP contribution in [-0.2, 0) is 4.79 Å². The van der Waals surface area contributed by atoms with Gasteiger partial charge in [0.05, 0.1) is 6.54 Å². The first-order valence-corrected chi connectivity index (χ1v) is 6.73. The molecule has 1 heterocycles. The van der Waals surface area contributed by atoms with Crippen LogP contribution in [-0.4, -0.2) is 67.0 Å². The van der Waals surface area contributed by atoms with Crippen LogP contribution in [0.15, 0.2) is 0 Å². The van der Waals surface area contributed by atoms with Gasteiger partial charge >= 0.3 is 6.03 Å². The predicted octanol–water partition coefficient (Wildman–Crippen LogP) is -0.388. The van der Waals surface area contributed by atoms with E-state index in [0.717, 1.165) is 25.9 Å². The van der Waals surface area contributed by atoms with Crippen molar-refractivity contribution in [1.82, 2.24) is 20.4 Å². The molecule has 0 spiro atoms. The molecule has 6 nitrogen and oxygen atoms in total. The number of piperazine rings is 1. The van der Waals surface area contributed by atoms with E-state index in [0.29, 0.717) is 32.2 Å². The monoisotopic (exact) mass is 254 g/mol. The van der Waals surface area contributed by atoms with Crippen LogP contribution >= 0.6 is 0 Å². The number of hydrogen-bond acceptors (Lipinski definition) is 3. The molecule has 1 saturated carbocycles. The molecule has 0 bridgehead atoms. The number of urea groups is 1. The van der Waals surface area contributed by atoms with Crippen molar-refractivity contribution in [2.75, 3.05) is 39.3 Å². The van der Waals surface area contributed by atoms with Crippen LogP contribution < -0.4 is 10.6 Å². The maximum atomic E-state index is 11.6. The van der Waals surface area contributed by atoms with Crippen LogP contribution in [0.4, 0.5) is 4.79 Å². The number of amides is 3. The molecule has 2 N–H and O–H groups in total. The summed E-state index contributed by atoms with van der Waals surface area (Å²) in [7, 11) is 0. The van der Waals surface area contributed by atoms with E-state index in [1.807, 2.05) is 6.92 Å². The van der Waals surface area contributed by atoms with Gasteiger partial charge in [0.25, 0.3) is 0 Å².